The largest absolute Gasteiger partial charge is 0.461 e. The van der Waals surface area contributed by atoms with Crippen LogP contribution in [0.25, 0.3) is 0 Å². The number of rotatable bonds is 2. The lowest BCUT2D eigenvalue weighted by Gasteiger charge is -2.32. The number of esters is 2. The average Bonchev–Trinajstić information content (AvgIpc) is 2.89. The van der Waals surface area contributed by atoms with Gasteiger partial charge in [0.15, 0.2) is 0 Å². The van der Waals surface area contributed by atoms with Gasteiger partial charge in [0.1, 0.15) is 17.6 Å². The average molecular weight is 304 g/mol. The molecule has 4 aliphatic rings. The molecule has 0 aromatic carbocycles. The first-order valence-electron chi connectivity index (χ1n) is 7.71. The summed E-state index contributed by atoms with van der Waals surface area (Å²) in [6, 6.07) is 0. The van der Waals surface area contributed by atoms with Crippen molar-refractivity contribution in [2.45, 2.75) is 45.5 Å². The van der Waals surface area contributed by atoms with Gasteiger partial charge >= 0.3 is 11.9 Å². The molecule has 2 aliphatic carbocycles. The lowest BCUT2D eigenvalue weighted by atomic mass is 9.72. The van der Waals surface area contributed by atoms with Gasteiger partial charge in [-0.2, -0.15) is 0 Å². The standard InChI is InChI=1S/C17H20O5/c1-10(18)20-8-11-5-4-6-15(2)9-17(7-12(11)15)13(19)21-14-16(17,3)22-14/h4-6,12,14H,7-9H2,1-3H3/t12-,14-,15-,16+,17+/m0/s1. The predicted molar refractivity (Wildman–Crippen MR) is 76.5 cm³/mol. The van der Waals surface area contributed by atoms with Crippen molar-refractivity contribution in [3.8, 4) is 0 Å². The number of epoxide rings is 1. The second kappa shape index (κ2) is 4.02. The fourth-order valence-corrected chi connectivity index (χ4v) is 4.61. The van der Waals surface area contributed by atoms with E-state index in [2.05, 4.69) is 13.0 Å². The first-order valence-corrected chi connectivity index (χ1v) is 7.71. The maximum absolute atomic E-state index is 12.5. The lowest BCUT2D eigenvalue weighted by Crippen LogP contribution is -2.38. The van der Waals surface area contributed by atoms with Gasteiger partial charge in [-0.05, 0) is 36.7 Å². The van der Waals surface area contributed by atoms with Crippen LogP contribution < -0.4 is 0 Å². The summed E-state index contributed by atoms with van der Waals surface area (Å²) in [6.45, 7) is 5.83. The van der Waals surface area contributed by atoms with Crippen molar-refractivity contribution in [2.24, 2.45) is 16.7 Å². The zero-order valence-electron chi connectivity index (χ0n) is 13.0. The second-order valence-electron chi connectivity index (χ2n) is 7.36. The Morgan fingerprint density at radius 1 is 1.45 bits per heavy atom. The van der Waals surface area contributed by atoms with Gasteiger partial charge in [0.2, 0.25) is 6.29 Å². The molecule has 0 amide bonds. The lowest BCUT2D eigenvalue weighted by molar-refractivity contribution is -0.160. The molecule has 2 aliphatic heterocycles. The first-order chi connectivity index (χ1) is 10.3. The Kier molecular flexibility index (Phi) is 2.56. The summed E-state index contributed by atoms with van der Waals surface area (Å²) in [7, 11) is 0. The highest BCUT2D eigenvalue weighted by Gasteiger charge is 2.80. The van der Waals surface area contributed by atoms with E-state index in [-0.39, 0.29) is 36.2 Å². The van der Waals surface area contributed by atoms with Crippen LogP contribution in [0.2, 0.25) is 0 Å². The van der Waals surface area contributed by atoms with Gasteiger partial charge < -0.3 is 14.2 Å². The monoisotopic (exact) mass is 304 g/mol. The van der Waals surface area contributed by atoms with E-state index in [1.807, 2.05) is 19.1 Å². The van der Waals surface area contributed by atoms with E-state index in [9.17, 15) is 9.59 Å². The molecule has 5 heteroatoms. The fourth-order valence-electron chi connectivity index (χ4n) is 4.61. The second-order valence-corrected chi connectivity index (χ2v) is 7.36. The van der Waals surface area contributed by atoms with E-state index >= 15 is 0 Å². The van der Waals surface area contributed by atoms with Crippen LogP contribution in [0.3, 0.4) is 0 Å². The number of ether oxygens (including phenoxy) is 3. The molecule has 118 valence electrons. The smallest absolute Gasteiger partial charge is 0.317 e. The summed E-state index contributed by atoms with van der Waals surface area (Å²) in [5.41, 5.74) is -0.142. The van der Waals surface area contributed by atoms with Crippen molar-refractivity contribution in [1.29, 1.82) is 0 Å². The quantitative estimate of drug-likeness (QED) is 0.577. The van der Waals surface area contributed by atoms with Crippen LogP contribution >= 0.6 is 0 Å². The molecule has 0 unspecified atom stereocenters. The SMILES string of the molecule is CC(=O)OCC1=CC=C[C@@]2(C)C[C@]3(C[C@@H]12)C(=O)O[C@H]1O[C@]13C. The van der Waals surface area contributed by atoms with Crippen LogP contribution in [0, 0.1) is 16.7 Å². The summed E-state index contributed by atoms with van der Waals surface area (Å²) in [6.07, 6.45) is 7.19. The Balaban J connectivity index is 1.66. The van der Waals surface area contributed by atoms with Crippen LogP contribution in [-0.4, -0.2) is 30.4 Å². The topological polar surface area (TPSA) is 65.1 Å². The molecule has 2 heterocycles. The number of carbonyl (C=O) groups is 2. The van der Waals surface area contributed by atoms with E-state index in [4.69, 9.17) is 14.2 Å². The third kappa shape index (κ3) is 1.57. The van der Waals surface area contributed by atoms with Gasteiger partial charge in [-0.3, -0.25) is 9.59 Å². The Labute approximate surface area is 129 Å². The molecule has 1 spiro atoms. The van der Waals surface area contributed by atoms with Crippen molar-refractivity contribution in [3.63, 3.8) is 0 Å². The number of hydrogen-bond acceptors (Lipinski definition) is 5. The normalized spacial score (nSPS) is 47.8. The van der Waals surface area contributed by atoms with Crippen molar-refractivity contribution in [2.75, 3.05) is 6.61 Å². The summed E-state index contributed by atoms with van der Waals surface area (Å²) < 4.78 is 16.2. The van der Waals surface area contributed by atoms with Crippen LogP contribution in [0.4, 0.5) is 0 Å². The van der Waals surface area contributed by atoms with Gasteiger partial charge in [0.05, 0.1) is 0 Å². The minimum Gasteiger partial charge on any atom is -0.461 e. The predicted octanol–water partition coefficient (Wildman–Crippen LogP) is 2.12. The van der Waals surface area contributed by atoms with Crippen molar-refractivity contribution >= 4 is 11.9 Å². The summed E-state index contributed by atoms with van der Waals surface area (Å²) in [5.74, 6) is -0.256. The van der Waals surface area contributed by atoms with Gasteiger partial charge in [-0.1, -0.05) is 25.2 Å². The fraction of sp³-hybridized carbons (Fsp3) is 0.647. The van der Waals surface area contributed by atoms with Crippen molar-refractivity contribution in [1.82, 2.24) is 0 Å². The number of allylic oxidation sites excluding steroid dienone is 3. The Morgan fingerprint density at radius 3 is 2.86 bits per heavy atom. The highest BCUT2D eigenvalue weighted by Crippen LogP contribution is 2.70. The van der Waals surface area contributed by atoms with Crippen LogP contribution in [0.15, 0.2) is 23.8 Å². The third-order valence-electron chi connectivity index (χ3n) is 6.01. The molecule has 0 radical (unpaired) electrons. The third-order valence-corrected chi connectivity index (χ3v) is 6.01. The van der Waals surface area contributed by atoms with E-state index in [0.29, 0.717) is 12.8 Å². The zero-order valence-corrected chi connectivity index (χ0v) is 13.0. The van der Waals surface area contributed by atoms with Crippen LogP contribution in [-0.2, 0) is 23.8 Å². The highest BCUT2D eigenvalue weighted by atomic mass is 16.8. The maximum atomic E-state index is 12.5. The molecule has 22 heavy (non-hydrogen) atoms. The first kappa shape index (κ1) is 14.0. The van der Waals surface area contributed by atoms with Crippen molar-refractivity contribution < 1.29 is 23.8 Å². The Morgan fingerprint density at radius 2 is 2.23 bits per heavy atom. The van der Waals surface area contributed by atoms with Gasteiger partial charge in [0, 0.05) is 6.92 Å². The van der Waals surface area contributed by atoms with Crippen molar-refractivity contribution in [3.05, 3.63) is 23.8 Å². The maximum Gasteiger partial charge on any atom is 0.317 e. The van der Waals surface area contributed by atoms with Gasteiger partial charge in [-0.15, -0.1) is 0 Å². The molecule has 5 atom stereocenters. The van der Waals surface area contributed by atoms with Gasteiger partial charge in [0.25, 0.3) is 0 Å². The molecule has 1 saturated carbocycles. The van der Waals surface area contributed by atoms with E-state index in [1.165, 1.54) is 6.92 Å². The minimum absolute atomic E-state index is 0.132. The highest BCUT2D eigenvalue weighted by molar-refractivity contribution is 5.83. The Bertz CT molecular complexity index is 635. The molecule has 0 aromatic heterocycles. The number of hydrogen-bond donors (Lipinski definition) is 0. The molecule has 5 nitrogen and oxygen atoms in total. The number of fused-ring (bicyclic) bond motifs is 3. The zero-order chi connectivity index (χ0) is 15.8. The molecule has 0 aromatic rings. The molecular weight excluding hydrogens is 284 g/mol. The molecule has 2 saturated heterocycles. The van der Waals surface area contributed by atoms with Crippen LogP contribution in [0.1, 0.15) is 33.6 Å². The summed E-state index contributed by atoms with van der Waals surface area (Å²) in [4.78, 5) is 23.6. The Hall–Kier alpha value is -1.62. The summed E-state index contributed by atoms with van der Waals surface area (Å²) in [5, 5.41) is 0. The van der Waals surface area contributed by atoms with Gasteiger partial charge in [-0.25, -0.2) is 0 Å². The van der Waals surface area contributed by atoms with E-state index in [0.717, 1.165) is 5.57 Å². The summed E-state index contributed by atoms with van der Waals surface area (Å²) >= 11 is 0. The molecule has 0 N–H and O–H groups in total. The van der Waals surface area contributed by atoms with E-state index in [1.54, 1.807) is 0 Å². The van der Waals surface area contributed by atoms with Crippen LogP contribution in [0.5, 0.6) is 0 Å². The number of carbonyl (C=O) groups excluding carboxylic acids is 2. The van der Waals surface area contributed by atoms with E-state index < -0.39 is 11.0 Å². The molecule has 3 fully saturated rings. The molecular formula is C17H20O5. The minimum atomic E-state index is -0.582. The molecule has 0 bridgehead atoms. The molecule has 4 rings (SSSR count).